The molecular weight excluding hydrogens is 368 g/mol. The molecule has 3 heterocycles. The van der Waals surface area contributed by atoms with Crippen molar-refractivity contribution in [3.63, 3.8) is 0 Å². The highest BCUT2D eigenvalue weighted by atomic mass is 32.1. The maximum absolute atomic E-state index is 11.1. The molecule has 0 saturated heterocycles. The number of hydrogen-bond acceptors (Lipinski definition) is 8. The van der Waals surface area contributed by atoms with E-state index in [2.05, 4.69) is 20.4 Å². The van der Waals surface area contributed by atoms with Crippen LogP contribution in [0.15, 0.2) is 35.1 Å². The molecule has 0 spiro atoms. The first-order valence-corrected chi connectivity index (χ1v) is 9.23. The molecule has 0 aromatic carbocycles. The Labute approximate surface area is 160 Å². The van der Waals surface area contributed by atoms with Crippen molar-refractivity contribution in [2.45, 2.75) is 39.8 Å². The van der Waals surface area contributed by atoms with Crippen LogP contribution in [0.4, 0.5) is 0 Å². The lowest BCUT2D eigenvalue weighted by molar-refractivity contribution is -0.119. The zero-order valence-electron chi connectivity index (χ0n) is 15.4. The smallest absolute Gasteiger partial charge is 0.279 e. The zero-order valence-corrected chi connectivity index (χ0v) is 16.2. The molecule has 9 heteroatoms. The molecule has 1 unspecified atom stereocenters. The highest BCUT2D eigenvalue weighted by molar-refractivity contribution is 7.16. The number of nitrogens with zero attached hydrogens (tertiary/aromatic N) is 3. The van der Waals surface area contributed by atoms with Gasteiger partial charge in [0.05, 0.1) is 29.4 Å². The van der Waals surface area contributed by atoms with Crippen molar-refractivity contribution in [2.24, 2.45) is 0 Å². The monoisotopic (exact) mass is 388 g/mol. The van der Waals surface area contributed by atoms with Gasteiger partial charge in [0.25, 0.3) is 5.19 Å². The van der Waals surface area contributed by atoms with E-state index >= 15 is 0 Å². The van der Waals surface area contributed by atoms with E-state index in [4.69, 9.17) is 14.0 Å². The van der Waals surface area contributed by atoms with E-state index in [1.807, 2.05) is 20.8 Å². The van der Waals surface area contributed by atoms with Crippen LogP contribution in [0, 0.1) is 0 Å². The molecule has 0 bridgehead atoms. The number of aromatic nitrogens is 3. The van der Waals surface area contributed by atoms with Crippen molar-refractivity contribution in [3.05, 3.63) is 36.4 Å². The van der Waals surface area contributed by atoms with Gasteiger partial charge in [-0.3, -0.25) is 4.79 Å². The van der Waals surface area contributed by atoms with E-state index in [1.54, 1.807) is 30.6 Å². The lowest BCUT2D eigenvalue weighted by atomic mass is 10.2. The van der Waals surface area contributed by atoms with Gasteiger partial charge in [-0.15, -0.1) is 0 Å². The Kier molecular flexibility index (Phi) is 5.70. The third-order valence-corrected chi connectivity index (χ3v) is 4.28. The Morgan fingerprint density at radius 2 is 2.04 bits per heavy atom. The molecule has 0 aliphatic rings. The highest BCUT2D eigenvalue weighted by Crippen LogP contribution is 2.33. The van der Waals surface area contributed by atoms with Gasteiger partial charge in [0.2, 0.25) is 11.8 Å². The van der Waals surface area contributed by atoms with Crippen LogP contribution < -0.4 is 14.8 Å². The third kappa shape index (κ3) is 5.04. The predicted molar refractivity (Wildman–Crippen MR) is 99.9 cm³/mol. The molecule has 0 saturated carbocycles. The largest absolute Gasteiger partial charge is 0.475 e. The summed E-state index contributed by atoms with van der Waals surface area (Å²) in [5, 5.41) is 7.25. The minimum Gasteiger partial charge on any atom is -0.475 e. The summed E-state index contributed by atoms with van der Waals surface area (Å²) in [6.45, 7) is 7.16. The van der Waals surface area contributed by atoms with Gasteiger partial charge in [0.15, 0.2) is 5.76 Å². The van der Waals surface area contributed by atoms with Crippen LogP contribution in [-0.4, -0.2) is 27.1 Å². The maximum Gasteiger partial charge on any atom is 0.279 e. The second-order valence-electron chi connectivity index (χ2n) is 6.13. The molecule has 3 rings (SSSR count). The number of carbonyl (C=O) groups excluding carboxylic acids is 1. The molecule has 27 heavy (non-hydrogen) atoms. The average Bonchev–Trinajstić information content (AvgIpc) is 3.25. The minimum atomic E-state index is -0.259. The first-order valence-electron chi connectivity index (χ1n) is 8.41. The molecule has 8 nitrogen and oxygen atoms in total. The van der Waals surface area contributed by atoms with Crippen molar-refractivity contribution in [2.75, 3.05) is 0 Å². The first kappa shape index (κ1) is 18.8. The molecule has 3 aromatic heterocycles. The second-order valence-corrected chi connectivity index (χ2v) is 7.12. The SMILES string of the molecule is CC(=O)NC(C)c1cc(-c2cnc(Oc3ccc(OC(C)C)nc3)s2)no1. The van der Waals surface area contributed by atoms with E-state index in [9.17, 15) is 4.79 Å². The van der Waals surface area contributed by atoms with E-state index in [1.165, 1.54) is 18.3 Å². The molecule has 142 valence electrons. The second kappa shape index (κ2) is 8.17. The molecule has 1 N–H and O–H groups in total. The van der Waals surface area contributed by atoms with E-state index < -0.39 is 0 Å². The number of pyridine rings is 1. The van der Waals surface area contributed by atoms with Gasteiger partial charge in [0.1, 0.15) is 11.4 Å². The summed E-state index contributed by atoms with van der Waals surface area (Å²) in [6.07, 6.45) is 3.31. The van der Waals surface area contributed by atoms with Crippen molar-refractivity contribution in [3.8, 4) is 27.4 Å². The van der Waals surface area contributed by atoms with Gasteiger partial charge in [-0.2, -0.15) is 0 Å². The maximum atomic E-state index is 11.1. The highest BCUT2D eigenvalue weighted by Gasteiger charge is 2.16. The Bertz CT molecular complexity index is 904. The summed E-state index contributed by atoms with van der Waals surface area (Å²) in [5.74, 6) is 1.54. The summed E-state index contributed by atoms with van der Waals surface area (Å²) < 4.78 is 16.5. The van der Waals surface area contributed by atoms with E-state index in [-0.39, 0.29) is 18.1 Å². The van der Waals surface area contributed by atoms with E-state index in [0.29, 0.717) is 28.3 Å². The molecule has 1 amide bonds. The summed E-state index contributed by atoms with van der Waals surface area (Å²) in [6, 6.07) is 5.04. The summed E-state index contributed by atoms with van der Waals surface area (Å²) in [7, 11) is 0. The number of carbonyl (C=O) groups is 1. The Morgan fingerprint density at radius 3 is 2.70 bits per heavy atom. The van der Waals surface area contributed by atoms with Crippen LogP contribution in [0.2, 0.25) is 0 Å². The molecule has 0 radical (unpaired) electrons. The number of thiazole rings is 1. The minimum absolute atomic E-state index is 0.0616. The van der Waals surface area contributed by atoms with Gasteiger partial charge in [0, 0.05) is 19.1 Å². The summed E-state index contributed by atoms with van der Waals surface area (Å²) in [4.78, 5) is 20.4. The van der Waals surface area contributed by atoms with Crippen molar-refractivity contribution in [1.82, 2.24) is 20.4 Å². The van der Waals surface area contributed by atoms with Gasteiger partial charge < -0.3 is 19.3 Å². The molecule has 0 aliphatic carbocycles. The van der Waals surface area contributed by atoms with Crippen LogP contribution in [-0.2, 0) is 4.79 Å². The summed E-state index contributed by atoms with van der Waals surface area (Å²) in [5.41, 5.74) is 0.633. The Morgan fingerprint density at radius 1 is 1.22 bits per heavy atom. The number of rotatable bonds is 7. The van der Waals surface area contributed by atoms with Gasteiger partial charge in [-0.05, 0) is 26.8 Å². The third-order valence-electron chi connectivity index (χ3n) is 3.38. The fourth-order valence-corrected chi connectivity index (χ4v) is 2.99. The predicted octanol–water partition coefficient (Wildman–Crippen LogP) is 3.97. The number of nitrogens with one attached hydrogen (secondary N) is 1. The molecule has 3 aromatic rings. The standard InChI is InChI=1S/C18H20N4O4S/c1-10(2)24-17-6-5-13(8-19-17)25-18-20-9-16(27-18)14-7-15(26-22-14)11(3)21-12(4)23/h5-11H,1-4H3,(H,21,23). The zero-order chi connectivity index (χ0) is 19.4. The van der Waals surface area contributed by atoms with Crippen LogP contribution in [0.3, 0.4) is 0 Å². The lowest BCUT2D eigenvalue weighted by Crippen LogP contribution is -2.23. The molecule has 0 aliphatic heterocycles. The normalized spacial score (nSPS) is 12.0. The lowest BCUT2D eigenvalue weighted by Gasteiger charge is -2.08. The van der Waals surface area contributed by atoms with Crippen LogP contribution in [0.5, 0.6) is 16.8 Å². The average molecular weight is 388 g/mol. The fourth-order valence-electron chi connectivity index (χ4n) is 2.25. The number of ether oxygens (including phenoxy) is 2. The van der Waals surface area contributed by atoms with E-state index in [0.717, 1.165) is 4.88 Å². The number of hydrogen-bond donors (Lipinski definition) is 1. The topological polar surface area (TPSA) is 99.4 Å². The van der Waals surface area contributed by atoms with Crippen molar-refractivity contribution < 1.29 is 18.8 Å². The quantitative estimate of drug-likeness (QED) is 0.654. The molecular formula is C18H20N4O4S. The van der Waals surface area contributed by atoms with Crippen molar-refractivity contribution in [1.29, 1.82) is 0 Å². The first-order chi connectivity index (χ1) is 12.9. The molecule has 1 atom stereocenters. The van der Waals surface area contributed by atoms with Crippen molar-refractivity contribution >= 4 is 17.2 Å². The van der Waals surface area contributed by atoms with Crippen LogP contribution in [0.1, 0.15) is 39.5 Å². The Hall–Kier alpha value is -2.94. The van der Waals surface area contributed by atoms with Gasteiger partial charge in [-0.1, -0.05) is 16.5 Å². The van der Waals surface area contributed by atoms with Gasteiger partial charge in [-0.25, -0.2) is 9.97 Å². The fraction of sp³-hybridized carbons (Fsp3) is 0.333. The van der Waals surface area contributed by atoms with Gasteiger partial charge >= 0.3 is 0 Å². The summed E-state index contributed by atoms with van der Waals surface area (Å²) >= 11 is 1.33. The molecule has 0 fully saturated rings. The Balaban J connectivity index is 1.66. The van der Waals surface area contributed by atoms with Crippen LogP contribution >= 0.6 is 11.3 Å². The van der Waals surface area contributed by atoms with Crippen LogP contribution in [0.25, 0.3) is 10.6 Å². The number of amides is 1.